The highest BCUT2D eigenvalue weighted by molar-refractivity contribution is 6.09. The highest BCUT2D eigenvalue weighted by atomic mass is 19.1. The van der Waals surface area contributed by atoms with Gasteiger partial charge in [-0.15, -0.1) is 0 Å². The average molecular weight is 333 g/mol. The van der Waals surface area contributed by atoms with Crippen LogP contribution in [0.2, 0.25) is 0 Å². The van der Waals surface area contributed by atoms with Gasteiger partial charge in [0.2, 0.25) is 5.91 Å². The van der Waals surface area contributed by atoms with Crippen molar-refractivity contribution in [1.29, 1.82) is 0 Å². The van der Waals surface area contributed by atoms with Gasteiger partial charge in [-0.3, -0.25) is 14.5 Å². The molecule has 1 aliphatic carbocycles. The van der Waals surface area contributed by atoms with E-state index in [2.05, 4.69) is 10.6 Å². The first kappa shape index (κ1) is 16.4. The van der Waals surface area contributed by atoms with E-state index >= 15 is 0 Å². The molecule has 6 nitrogen and oxygen atoms in total. The van der Waals surface area contributed by atoms with Crippen LogP contribution in [0.3, 0.4) is 0 Å². The minimum absolute atomic E-state index is 0.127. The van der Waals surface area contributed by atoms with Crippen LogP contribution in [0.25, 0.3) is 0 Å². The number of halogens is 1. The number of nitrogens with one attached hydrogen (secondary N) is 2. The standard InChI is InChI=1S/C17H20FN3O3/c1-17(11-6-8-12(18)9-7-11)15(23)21(16(24)20-17)10-14(22)19-13-4-2-3-5-13/h6-9,13H,2-5,10H2,1H3,(H,19,22)(H,20,24)/t17-/m0/s1. The maximum atomic E-state index is 13.1. The summed E-state index contributed by atoms with van der Waals surface area (Å²) < 4.78 is 13.1. The number of nitrogens with zero attached hydrogens (tertiary/aromatic N) is 1. The summed E-state index contributed by atoms with van der Waals surface area (Å²) in [6.07, 6.45) is 4.02. The Balaban J connectivity index is 1.71. The summed E-state index contributed by atoms with van der Waals surface area (Å²) in [5, 5.41) is 5.46. The number of benzene rings is 1. The second kappa shape index (κ2) is 6.22. The predicted molar refractivity (Wildman–Crippen MR) is 84.4 cm³/mol. The summed E-state index contributed by atoms with van der Waals surface area (Å²) in [6.45, 7) is 1.24. The minimum atomic E-state index is -1.29. The van der Waals surface area contributed by atoms with Crippen LogP contribution in [0, 0.1) is 5.82 Å². The maximum Gasteiger partial charge on any atom is 0.325 e. The van der Waals surface area contributed by atoms with Gasteiger partial charge in [0, 0.05) is 6.04 Å². The third-order valence-electron chi connectivity index (χ3n) is 4.72. The van der Waals surface area contributed by atoms with Crippen molar-refractivity contribution in [3.8, 4) is 0 Å². The molecule has 2 fully saturated rings. The smallest absolute Gasteiger partial charge is 0.325 e. The average Bonchev–Trinajstić information content (AvgIpc) is 3.11. The Kier molecular flexibility index (Phi) is 4.26. The lowest BCUT2D eigenvalue weighted by molar-refractivity contribution is -0.135. The van der Waals surface area contributed by atoms with E-state index in [1.54, 1.807) is 6.92 Å². The van der Waals surface area contributed by atoms with Crippen molar-refractivity contribution >= 4 is 17.8 Å². The molecule has 1 aliphatic heterocycles. The first-order valence-electron chi connectivity index (χ1n) is 8.09. The number of amides is 4. The first-order valence-corrected chi connectivity index (χ1v) is 8.09. The molecule has 0 bridgehead atoms. The Hall–Kier alpha value is -2.44. The zero-order chi connectivity index (χ0) is 17.3. The number of imide groups is 1. The normalized spacial score (nSPS) is 24.3. The van der Waals surface area contributed by atoms with E-state index in [1.165, 1.54) is 24.3 Å². The van der Waals surface area contributed by atoms with Crippen LogP contribution in [0.1, 0.15) is 38.2 Å². The van der Waals surface area contributed by atoms with E-state index in [9.17, 15) is 18.8 Å². The molecule has 1 heterocycles. The summed E-state index contributed by atoms with van der Waals surface area (Å²) in [6, 6.07) is 4.88. The third-order valence-corrected chi connectivity index (χ3v) is 4.72. The lowest BCUT2D eigenvalue weighted by Crippen LogP contribution is -2.45. The van der Waals surface area contributed by atoms with E-state index in [0.29, 0.717) is 5.56 Å². The highest BCUT2D eigenvalue weighted by Gasteiger charge is 2.49. The third kappa shape index (κ3) is 2.98. The molecule has 24 heavy (non-hydrogen) atoms. The number of rotatable bonds is 4. The molecule has 3 rings (SSSR count). The highest BCUT2D eigenvalue weighted by Crippen LogP contribution is 2.28. The van der Waals surface area contributed by atoms with Crippen molar-refractivity contribution in [2.24, 2.45) is 0 Å². The van der Waals surface area contributed by atoms with Crippen molar-refractivity contribution in [2.75, 3.05) is 6.54 Å². The molecular formula is C17H20FN3O3. The molecule has 2 aliphatic rings. The topological polar surface area (TPSA) is 78.5 Å². The van der Waals surface area contributed by atoms with E-state index in [4.69, 9.17) is 0 Å². The Bertz CT molecular complexity index is 670. The van der Waals surface area contributed by atoms with Crippen molar-refractivity contribution < 1.29 is 18.8 Å². The van der Waals surface area contributed by atoms with E-state index < -0.39 is 23.3 Å². The van der Waals surface area contributed by atoms with Crippen molar-refractivity contribution in [3.63, 3.8) is 0 Å². The van der Waals surface area contributed by atoms with Gasteiger partial charge in [-0.2, -0.15) is 0 Å². The molecule has 128 valence electrons. The second-order valence-electron chi connectivity index (χ2n) is 6.50. The van der Waals surface area contributed by atoms with Crippen LogP contribution in [0.5, 0.6) is 0 Å². The Morgan fingerprint density at radius 3 is 2.54 bits per heavy atom. The molecule has 1 aromatic carbocycles. The molecule has 7 heteroatoms. The van der Waals surface area contributed by atoms with Gasteiger partial charge in [0.1, 0.15) is 17.9 Å². The predicted octanol–water partition coefficient (Wildman–Crippen LogP) is 1.65. The molecule has 1 aromatic rings. The van der Waals surface area contributed by atoms with Crippen LogP contribution in [-0.4, -0.2) is 35.3 Å². The lowest BCUT2D eigenvalue weighted by Gasteiger charge is -2.22. The molecule has 2 N–H and O–H groups in total. The summed E-state index contributed by atoms with van der Waals surface area (Å²) in [7, 11) is 0. The summed E-state index contributed by atoms with van der Waals surface area (Å²) in [5.74, 6) is -1.28. The number of carbonyl (C=O) groups is 3. The van der Waals surface area contributed by atoms with Gasteiger partial charge in [-0.05, 0) is 37.5 Å². The van der Waals surface area contributed by atoms with Gasteiger partial charge in [0.05, 0.1) is 0 Å². The fourth-order valence-electron chi connectivity index (χ4n) is 3.31. The van der Waals surface area contributed by atoms with Crippen molar-refractivity contribution in [1.82, 2.24) is 15.5 Å². The Morgan fingerprint density at radius 1 is 1.29 bits per heavy atom. The zero-order valence-corrected chi connectivity index (χ0v) is 13.5. The summed E-state index contributed by atoms with van der Waals surface area (Å²) in [4.78, 5) is 37.8. The van der Waals surface area contributed by atoms with Crippen LogP contribution >= 0.6 is 0 Å². The van der Waals surface area contributed by atoms with Gasteiger partial charge in [0.15, 0.2) is 0 Å². The largest absolute Gasteiger partial charge is 0.352 e. The zero-order valence-electron chi connectivity index (χ0n) is 13.5. The number of carbonyl (C=O) groups excluding carboxylic acids is 3. The Morgan fingerprint density at radius 2 is 1.92 bits per heavy atom. The molecule has 1 saturated heterocycles. The Labute approximate surface area is 139 Å². The van der Waals surface area contributed by atoms with E-state index in [1.807, 2.05) is 0 Å². The fraction of sp³-hybridized carbons (Fsp3) is 0.471. The van der Waals surface area contributed by atoms with Crippen LogP contribution in [0.15, 0.2) is 24.3 Å². The fourth-order valence-corrected chi connectivity index (χ4v) is 3.31. The lowest BCUT2D eigenvalue weighted by atomic mass is 9.92. The van der Waals surface area contributed by atoms with Crippen LogP contribution in [0.4, 0.5) is 9.18 Å². The number of urea groups is 1. The molecule has 0 spiro atoms. The van der Waals surface area contributed by atoms with Gasteiger partial charge >= 0.3 is 6.03 Å². The number of hydrogen-bond acceptors (Lipinski definition) is 3. The molecule has 0 radical (unpaired) electrons. The molecule has 0 unspecified atom stereocenters. The van der Waals surface area contributed by atoms with Crippen molar-refractivity contribution in [3.05, 3.63) is 35.6 Å². The van der Waals surface area contributed by atoms with Gasteiger partial charge in [-0.1, -0.05) is 25.0 Å². The molecule has 1 atom stereocenters. The van der Waals surface area contributed by atoms with Gasteiger partial charge in [-0.25, -0.2) is 9.18 Å². The quantitative estimate of drug-likeness (QED) is 0.823. The van der Waals surface area contributed by atoms with Crippen LogP contribution in [-0.2, 0) is 15.1 Å². The van der Waals surface area contributed by atoms with E-state index in [-0.39, 0.29) is 18.5 Å². The molecular weight excluding hydrogens is 313 g/mol. The van der Waals surface area contributed by atoms with E-state index in [0.717, 1.165) is 30.6 Å². The van der Waals surface area contributed by atoms with Gasteiger partial charge < -0.3 is 10.6 Å². The van der Waals surface area contributed by atoms with Crippen molar-refractivity contribution in [2.45, 2.75) is 44.2 Å². The molecule has 1 saturated carbocycles. The first-order chi connectivity index (χ1) is 11.4. The minimum Gasteiger partial charge on any atom is -0.352 e. The summed E-state index contributed by atoms with van der Waals surface area (Å²) >= 11 is 0. The SMILES string of the molecule is C[C@@]1(c2ccc(F)cc2)NC(=O)N(CC(=O)NC2CCCC2)C1=O. The monoisotopic (exact) mass is 333 g/mol. The summed E-state index contributed by atoms with van der Waals surface area (Å²) in [5.41, 5.74) is -0.820. The van der Waals surface area contributed by atoms with Gasteiger partial charge in [0.25, 0.3) is 5.91 Å². The number of hydrogen-bond donors (Lipinski definition) is 2. The van der Waals surface area contributed by atoms with Crippen LogP contribution < -0.4 is 10.6 Å². The molecule has 4 amide bonds. The molecule has 0 aromatic heterocycles. The maximum absolute atomic E-state index is 13.1. The second-order valence-corrected chi connectivity index (χ2v) is 6.50.